The van der Waals surface area contributed by atoms with E-state index in [9.17, 15) is 4.79 Å². The number of rotatable bonds is 6. The highest BCUT2D eigenvalue weighted by molar-refractivity contribution is 7.12. The lowest BCUT2D eigenvalue weighted by molar-refractivity contribution is -0.0138. The van der Waals surface area contributed by atoms with E-state index in [1.807, 2.05) is 31.4 Å². The van der Waals surface area contributed by atoms with E-state index in [4.69, 9.17) is 9.26 Å². The Kier molecular flexibility index (Phi) is 5.20. The molecular weight excluding hydrogens is 314 g/mol. The standard InChI is InChI=1S/C16H21N3O3S/c1-11(2)16-17-15(18-22-16)9-19-5-6-21-10-12(19)8-13(20)14-4-3-7-23-14/h3-4,7,11-12H,5-6,8-10H2,1-2H3. The van der Waals surface area contributed by atoms with Crippen molar-refractivity contribution in [1.29, 1.82) is 0 Å². The third-order valence-corrected chi connectivity index (χ3v) is 4.80. The molecule has 6 nitrogen and oxygen atoms in total. The fraction of sp³-hybridized carbons (Fsp3) is 0.562. The van der Waals surface area contributed by atoms with E-state index >= 15 is 0 Å². The van der Waals surface area contributed by atoms with E-state index in [0.717, 1.165) is 11.4 Å². The van der Waals surface area contributed by atoms with Crippen LogP contribution in [0.2, 0.25) is 0 Å². The average Bonchev–Trinajstić information content (AvgIpc) is 3.20. The van der Waals surface area contributed by atoms with E-state index < -0.39 is 0 Å². The number of thiophene rings is 1. The monoisotopic (exact) mass is 335 g/mol. The molecule has 124 valence electrons. The maximum Gasteiger partial charge on any atom is 0.229 e. The van der Waals surface area contributed by atoms with Crippen LogP contribution in [0.4, 0.5) is 0 Å². The van der Waals surface area contributed by atoms with Gasteiger partial charge in [0, 0.05) is 24.9 Å². The average molecular weight is 335 g/mol. The molecule has 0 aromatic carbocycles. The second-order valence-electron chi connectivity index (χ2n) is 6.01. The molecule has 23 heavy (non-hydrogen) atoms. The SMILES string of the molecule is CC(C)c1nc(CN2CCOCC2CC(=O)c2cccs2)no1. The number of ketones is 1. The summed E-state index contributed by atoms with van der Waals surface area (Å²) in [5.41, 5.74) is 0. The van der Waals surface area contributed by atoms with Crippen LogP contribution in [0.3, 0.4) is 0 Å². The van der Waals surface area contributed by atoms with Gasteiger partial charge in [0.05, 0.1) is 24.6 Å². The largest absolute Gasteiger partial charge is 0.378 e. The van der Waals surface area contributed by atoms with E-state index in [1.54, 1.807) is 0 Å². The van der Waals surface area contributed by atoms with Gasteiger partial charge >= 0.3 is 0 Å². The van der Waals surface area contributed by atoms with Crippen LogP contribution in [0.5, 0.6) is 0 Å². The predicted molar refractivity (Wildman–Crippen MR) is 86.7 cm³/mol. The second-order valence-corrected chi connectivity index (χ2v) is 6.96. The van der Waals surface area contributed by atoms with Crippen molar-refractivity contribution in [2.75, 3.05) is 19.8 Å². The smallest absolute Gasteiger partial charge is 0.229 e. The summed E-state index contributed by atoms with van der Waals surface area (Å²) in [4.78, 5) is 19.8. The molecule has 1 atom stereocenters. The molecule has 1 fully saturated rings. The number of ether oxygens (including phenoxy) is 1. The number of nitrogens with zero attached hydrogens (tertiary/aromatic N) is 3. The van der Waals surface area contributed by atoms with Crippen LogP contribution >= 0.6 is 11.3 Å². The first kappa shape index (κ1) is 16.3. The molecule has 1 aliphatic rings. The summed E-state index contributed by atoms with van der Waals surface area (Å²) in [5, 5.41) is 5.97. The van der Waals surface area contributed by atoms with Gasteiger partial charge in [0.15, 0.2) is 11.6 Å². The number of aromatic nitrogens is 2. The van der Waals surface area contributed by atoms with E-state index in [0.29, 0.717) is 37.9 Å². The number of morpholine rings is 1. The minimum Gasteiger partial charge on any atom is -0.378 e. The van der Waals surface area contributed by atoms with Gasteiger partial charge in [0.1, 0.15) is 0 Å². The molecule has 1 aliphatic heterocycles. The highest BCUT2D eigenvalue weighted by Crippen LogP contribution is 2.19. The Balaban J connectivity index is 1.64. The second kappa shape index (κ2) is 7.33. The topological polar surface area (TPSA) is 68.5 Å². The Bertz CT molecular complexity index is 639. The van der Waals surface area contributed by atoms with Crippen molar-refractivity contribution in [3.8, 4) is 0 Å². The van der Waals surface area contributed by atoms with Gasteiger partial charge in [-0.15, -0.1) is 11.3 Å². The highest BCUT2D eigenvalue weighted by Gasteiger charge is 2.27. The zero-order chi connectivity index (χ0) is 16.2. The Labute approximate surface area is 139 Å². The van der Waals surface area contributed by atoms with Gasteiger partial charge in [-0.3, -0.25) is 9.69 Å². The number of carbonyl (C=O) groups is 1. The summed E-state index contributed by atoms with van der Waals surface area (Å²) in [6.07, 6.45) is 0.454. The van der Waals surface area contributed by atoms with Crippen LogP contribution in [0, 0.1) is 0 Å². The molecule has 0 N–H and O–H groups in total. The molecule has 0 radical (unpaired) electrons. The third kappa shape index (κ3) is 4.04. The normalized spacial score (nSPS) is 19.3. The molecule has 0 amide bonds. The first-order valence-corrected chi connectivity index (χ1v) is 8.72. The van der Waals surface area contributed by atoms with Gasteiger partial charge in [-0.05, 0) is 11.4 Å². The quantitative estimate of drug-likeness (QED) is 0.756. The summed E-state index contributed by atoms with van der Waals surface area (Å²) in [7, 11) is 0. The third-order valence-electron chi connectivity index (χ3n) is 3.89. The highest BCUT2D eigenvalue weighted by atomic mass is 32.1. The molecule has 0 aliphatic carbocycles. The van der Waals surface area contributed by atoms with Gasteiger partial charge in [0.2, 0.25) is 5.89 Å². The number of hydrogen-bond acceptors (Lipinski definition) is 7. The first-order chi connectivity index (χ1) is 11.1. The zero-order valence-corrected chi connectivity index (χ0v) is 14.2. The molecular formula is C16H21N3O3S. The van der Waals surface area contributed by atoms with E-state index in [2.05, 4.69) is 15.0 Å². The number of hydrogen-bond donors (Lipinski definition) is 0. The Morgan fingerprint density at radius 3 is 3.09 bits per heavy atom. The fourth-order valence-corrected chi connectivity index (χ4v) is 3.26. The molecule has 0 saturated carbocycles. The van der Waals surface area contributed by atoms with Crippen molar-refractivity contribution in [2.45, 2.75) is 38.8 Å². The summed E-state index contributed by atoms with van der Waals surface area (Å²) in [5.74, 6) is 1.71. The lowest BCUT2D eigenvalue weighted by Crippen LogP contribution is -2.46. The minimum atomic E-state index is 0.0550. The van der Waals surface area contributed by atoms with Crippen LogP contribution in [0.15, 0.2) is 22.0 Å². The van der Waals surface area contributed by atoms with Crippen molar-refractivity contribution in [3.05, 3.63) is 34.1 Å². The molecule has 7 heteroatoms. The van der Waals surface area contributed by atoms with Crippen molar-refractivity contribution in [2.24, 2.45) is 0 Å². The molecule has 0 spiro atoms. The molecule has 1 saturated heterocycles. The Morgan fingerprint density at radius 2 is 2.39 bits per heavy atom. The van der Waals surface area contributed by atoms with E-state index in [1.165, 1.54) is 11.3 Å². The summed E-state index contributed by atoms with van der Waals surface area (Å²) < 4.78 is 10.8. The maximum atomic E-state index is 12.3. The minimum absolute atomic E-state index is 0.0550. The summed E-state index contributed by atoms with van der Waals surface area (Å²) >= 11 is 1.48. The summed E-state index contributed by atoms with van der Waals surface area (Å²) in [6.45, 7) is 6.63. The van der Waals surface area contributed by atoms with Crippen molar-refractivity contribution in [1.82, 2.24) is 15.0 Å². The number of carbonyl (C=O) groups excluding carboxylic acids is 1. The van der Waals surface area contributed by atoms with Crippen LogP contribution in [0.1, 0.15) is 47.6 Å². The van der Waals surface area contributed by atoms with Gasteiger partial charge < -0.3 is 9.26 Å². The Hall–Kier alpha value is -1.57. The summed E-state index contributed by atoms with van der Waals surface area (Å²) in [6, 6.07) is 3.83. The molecule has 2 aromatic heterocycles. The lowest BCUT2D eigenvalue weighted by Gasteiger charge is -2.34. The fourth-order valence-electron chi connectivity index (χ4n) is 2.59. The van der Waals surface area contributed by atoms with Crippen molar-refractivity contribution >= 4 is 17.1 Å². The molecule has 3 heterocycles. The van der Waals surface area contributed by atoms with Gasteiger partial charge in [-0.1, -0.05) is 25.1 Å². The van der Waals surface area contributed by atoms with Gasteiger partial charge in [0.25, 0.3) is 0 Å². The molecule has 2 aromatic rings. The van der Waals surface area contributed by atoms with Crippen LogP contribution in [-0.4, -0.2) is 46.6 Å². The van der Waals surface area contributed by atoms with Crippen molar-refractivity contribution < 1.29 is 14.1 Å². The molecule has 1 unspecified atom stereocenters. The predicted octanol–water partition coefficient (Wildman–Crippen LogP) is 2.73. The van der Waals surface area contributed by atoms with E-state index in [-0.39, 0.29) is 17.7 Å². The zero-order valence-electron chi connectivity index (χ0n) is 13.4. The molecule has 0 bridgehead atoms. The van der Waals surface area contributed by atoms with Gasteiger partial charge in [-0.2, -0.15) is 4.98 Å². The Morgan fingerprint density at radius 1 is 1.52 bits per heavy atom. The van der Waals surface area contributed by atoms with Crippen LogP contribution in [0.25, 0.3) is 0 Å². The van der Waals surface area contributed by atoms with Crippen molar-refractivity contribution in [3.63, 3.8) is 0 Å². The maximum absolute atomic E-state index is 12.3. The van der Waals surface area contributed by atoms with Crippen LogP contribution < -0.4 is 0 Å². The molecule has 3 rings (SSSR count). The lowest BCUT2D eigenvalue weighted by atomic mass is 10.1. The first-order valence-electron chi connectivity index (χ1n) is 7.84. The number of Topliss-reactive ketones (excluding diaryl/α,β-unsaturated/α-hetero) is 1. The van der Waals surface area contributed by atoms with Gasteiger partial charge in [-0.25, -0.2) is 0 Å². The van der Waals surface area contributed by atoms with Crippen LogP contribution in [-0.2, 0) is 11.3 Å².